The topological polar surface area (TPSA) is 78.5 Å². The van der Waals surface area contributed by atoms with E-state index in [0.717, 1.165) is 22.6 Å². The van der Waals surface area contributed by atoms with Crippen LogP contribution in [0.1, 0.15) is 51.5 Å². The second-order valence-corrected chi connectivity index (χ2v) is 7.25. The van der Waals surface area contributed by atoms with Crippen LogP contribution in [-0.2, 0) is 9.59 Å². The second kappa shape index (κ2) is 6.70. The number of nitrogens with one attached hydrogen (secondary N) is 2. The van der Waals surface area contributed by atoms with Crippen molar-refractivity contribution in [3.63, 3.8) is 0 Å². The summed E-state index contributed by atoms with van der Waals surface area (Å²) in [7, 11) is 0. The number of carbonyl (C=O) groups is 3. The lowest BCUT2D eigenvalue weighted by atomic mass is 10.1. The van der Waals surface area contributed by atoms with Gasteiger partial charge in [-0.2, -0.15) is 0 Å². The molecule has 2 rings (SSSR count). The molecule has 0 unspecified atom stereocenters. The number of thiophene rings is 1. The summed E-state index contributed by atoms with van der Waals surface area (Å²) in [5.41, 5.74) is -0.970. The maximum Gasteiger partial charge on any atom is 0.325 e. The van der Waals surface area contributed by atoms with E-state index in [4.69, 9.17) is 0 Å². The quantitative estimate of drug-likeness (QED) is 0.783. The van der Waals surface area contributed by atoms with Gasteiger partial charge in [-0.1, -0.05) is 19.4 Å². The molecule has 1 aliphatic heterocycles. The molecule has 2 heterocycles. The first-order chi connectivity index (χ1) is 10.8. The molecule has 2 atom stereocenters. The van der Waals surface area contributed by atoms with Crippen molar-refractivity contribution in [3.05, 3.63) is 22.4 Å². The summed E-state index contributed by atoms with van der Waals surface area (Å²) in [5.74, 6) is -0.702. The zero-order valence-corrected chi connectivity index (χ0v) is 14.7. The van der Waals surface area contributed by atoms with E-state index in [1.165, 1.54) is 0 Å². The number of imide groups is 1. The van der Waals surface area contributed by atoms with E-state index in [1.807, 2.05) is 17.5 Å². The highest BCUT2D eigenvalue weighted by Gasteiger charge is 2.47. The van der Waals surface area contributed by atoms with E-state index in [0.29, 0.717) is 0 Å². The standard InChI is InChI=1S/C16H23N3O3S/c1-5-7-11(12-8-6-9-23-12)17-13(20)10(2)19-14(21)16(3,4)18-15(19)22/h6,8-11H,5,7H2,1-4H3,(H,17,20)(H,18,22)/t10-,11-/m1/s1. The lowest BCUT2D eigenvalue weighted by Gasteiger charge is -2.25. The monoisotopic (exact) mass is 337 g/mol. The Labute approximate surface area is 140 Å². The molecule has 0 aromatic carbocycles. The van der Waals surface area contributed by atoms with E-state index in [1.54, 1.807) is 32.1 Å². The molecule has 0 bridgehead atoms. The van der Waals surface area contributed by atoms with Gasteiger partial charge in [0.05, 0.1) is 6.04 Å². The molecule has 1 aliphatic rings. The molecule has 0 spiro atoms. The van der Waals surface area contributed by atoms with E-state index in [-0.39, 0.29) is 17.9 Å². The van der Waals surface area contributed by atoms with Crippen LogP contribution in [0.15, 0.2) is 17.5 Å². The summed E-state index contributed by atoms with van der Waals surface area (Å²) in [5, 5.41) is 7.52. The van der Waals surface area contributed by atoms with Crippen molar-refractivity contribution in [3.8, 4) is 0 Å². The van der Waals surface area contributed by atoms with Crippen LogP contribution < -0.4 is 10.6 Å². The maximum absolute atomic E-state index is 12.5. The predicted molar refractivity (Wildman–Crippen MR) is 89.0 cm³/mol. The molecule has 0 radical (unpaired) electrons. The van der Waals surface area contributed by atoms with Gasteiger partial charge in [0.15, 0.2) is 0 Å². The van der Waals surface area contributed by atoms with Crippen molar-refractivity contribution in [2.75, 3.05) is 0 Å². The van der Waals surface area contributed by atoms with Crippen LogP contribution >= 0.6 is 11.3 Å². The molecule has 1 aromatic heterocycles. The number of hydrogen-bond donors (Lipinski definition) is 2. The first kappa shape index (κ1) is 17.5. The molecular formula is C16H23N3O3S. The highest BCUT2D eigenvalue weighted by molar-refractivity contribution is 7.10. The third-order valence-corrected chi connectivity index (χ3v) is 4.92. The molecule has 0 aliphatic carbocycles. The lowest BCUT2D eigenvalue weighted by Crippen LogP contribution is -2.49. The van der Waals surface area contributed by atoms with Gasteiger partial charge in [0, 0.05) is 4.88 Å². The van der Waals surface area contributed by atoms with E-state index >= 15 is 0 Å². The number of nitrogens with zero attached hydrogens (tertiary/aromatic N) is 1. The third-order valence-electron chi connectivity index (χ3n) is 3.94. The van der Waals surface area contributed by atoms with Crippen LogP contribution in [0.5, 0.6) is 0 Å². The van der Waals surface area contributed by atoms with Crippen LogP contribution in [0.4, 0.5) is 4.79 Å². The third kappa shape index (κ3) is 3.55. The van der Waals surface area contributed by atoms with Crippen LogP contribution in [-0.4, -0.2) is 34.3 Å². The Morgan fingerprint density at radius 2 is 2.13 bits per heavy atom. The Morgan fingerprint density at radius 3 is 2.61 bits per heavy atom. The van der Waals surface area contributed by atoms with Crippen molar-refractivity contribution >= 4 is 29.2 Å². The van der Waals surface area contributed by atoms with Gasteiger partial charge in [-0.25, -0.2) is 9.69 Å². The average molecular weight is 337 g/mol. The number of carbonyl (C=O) groups excluding carboxylic acids is 3. The van der Waals surface area contributed by atoms with Crippen molar-refractivity contribution in [1.29, 1.82) is 0 Å². The molecule has 1 aromatic rings. The van der Waals surface area contributed by atoms with Crippen molar-refractivity contribution in [2.45, 2.75) is 58.2 Å². The Morgan fingerprint density at radius 1 is 1.43 bits per heavy atom. The van der Waals surface area contributed by atoms with Crippen LogP contribution in [0, 0.1) is 0 Å². The molecule has 0 saturated carbocycles. The fourth-order valence-electron chi connectivity index (χ4n) is 2.60. The van der Waals surface area contributed by atoms with Crippen molar-refractivity contribution in [1.82, 2.24) is 15.5 Å². The highest BCUT2D eigenvalue weighted by Crippen LogP contribution is 2.24. The number of rotatable bonds is 6. The molecule has 4 amide bonds. The molecule has 23 heavy (non-hydrogen) atoms. The number of hydrogen-bond acceptors (Lipinski definition) is 4. The van der Waals surface area contributed by atoms with E-state index in [9.17, 15) is 14.4 Å². The smallest absolute Gasteiger partial charge is 0.325 e. The second-order valence-electron chi connectivity index (χ2n) is 6.27. The van der Waals surface area contributed by atoms with E-state index < -0.39 is 17.6 Å². The summed E-state index contributed by atoms with van der Waals surface area (Å²) >= 11 is 1.58. The minimum Gasteiger partial charge on any atom is -0.347 e. The minimum absolute atomic E-state index is 0.0938. The fraction of sp³-hybridized carbons (Fsp3) is 0.562. The van der Waals surface area contributed by atoms with E-state index in [2.05, 4.69) is 17.6 Å². The molecule has 7 heteroatoms. The SMILES string of the molecule is CCC[C@@H](NC(=O)[C@@H](C)N1C(=O)NC(C)(C)C1=O)c1cccs1. The van der Waals surface area contributed by atoms with Gasteiger partial charge < -0.3 is 10.6 Å². The Balaban J connectivity index is 2.10. The Kier molecular flexibility index (Phi) is 5.09. The van der Waals surface area contributed by atoms with Crippen molar-refractivity contribution < 1.29 is 14.4 Å². The summed E-state index contributed by atoms with van der Waals surface area (Å²) in [6.45, 7) is 6.88. The van der Waals surface area contributed by atoms with Gasteiger partial charge in [0.2, 0.25) is 5.91 Å². The number of urea groups is 1. The van der Waals surface area contributed by atoms with Gasteiger partial charge in [-0.3, -0.25) is 9.59 Å². The first-order valence-corrected chi connectivity index (χ1v) is 8.65. The lowest BCUT2D eigenvalue weighted by molar-refractivity contribution is -0.137. The van der Waals surface area contributed by atoms with Gasteiger partial charge in [-0.05, 0) is 38.6 Å². The largest absolute Gasteiger partial charge is 0.347 e. The zero-order chi connectivity index (χ0) is 17.2. The van der Waals surface area contributed by atoms with Gasteiger partial charge in [-0.15, -0.1) is 11.3 Å². The Hall–Kier alpha value is -1.89. The maximum atomic E-state index is 12.5. The molecule has 126 valence electrons. The fourth-order valence-corrected chi connectivity index (χ4v) is 3.41. The number of amides is 4. The molecule has 1 fully saturated rings. The molecule has 6 nitrogen and oxygen atoms in total. The van der Waals surface area contributed by atoms with Crippen LogP contribution in [0.2, 0.25) is 0 Å². The molecular weight excluding hydrogens is 314 g/mol. The summed E-state index contributed by atoms with van der Waals surface area (Å²) in [6.07, 6.45) is 1.73. The normalized spacial score (nSPS) is 19.4. The molecule has 2 N–H and O–H groups in total. The first-order valence-electron chi connectivity index (χ1n) is 7.77. The minimum atomic E-state index is -0.970. The predicted octanol–water partition coefficient (Wildman–Crippen LogP) is 2.42. The average Bonchev–Trinajstić information content (AvgIpc) is 3.05. The Bertz CT molecular complexity index is 598. The highest BCUT2D eigenvalue weighted by atomic mass is 32.1. The summed E-state index contributed by atoms with van der Waals surface area (Å²) in [4.78, 5) is 38.9. The summed E-state index contributed by atoms with van der Waals surface area (Å²) in [6, 6.07) is 2.46. The van der Waals surface area contributed by atoms with Gasteiger partial charge in [0.1, 0.15) is 11.6 Å². The van der Waals surface area contributed by atoms with Crippen LogP contribution in [0.3, 0.4) is 0 Å². The van der Waals surface area contributed by atoms with Crippen LogP contribution in [0.25, 0.3) is 0 Å². The summed E-state index contributed by atoms with van der Waals surface area (Å²) < 4.78 is 0. The van der Waals surface area contributed by atoms with Gasteiger partial charge in [0.25, 0.3) is 5.91 Å². The molecule has 1 saturated heterocycles. The van der Waals surface area contributed by atoms with Gasteiger partial charge >= 0.3 is 6.03 Å². The zero-order valence-electron chi connectivity index (χ0n) is 13.9. The van der Waals surface area contributed by atoms with Crippen molar-refractivity contribution in [2.24, 2.45) is 0 Å².